The van der Waals surface area contributed by atoms with E-state index in [1.54, 1.807) is 37.6 Å². The van der Waals surface area contributed by atoms with E-state index in [4.69, 9.17) is 9.47 Å². The van der Waals surface area contributed by atoms with Gasteiger partial charge in [0, 0.05) is 36.6 Å². The van der Waals surface area contributed by atoms with E-state index in [0.29, 0.717) is 23.1 Å². The Balaban J connectivity index is 1.36. The molecule has 0 amide bonds. The number of anilines is 4. The Morgan fingerprint density at radius 2 is 1.97 bits per heavy atom. The number of pyridine rings is 1. The van der Waals surface area contributed by atoms with Gasteiger partial charge in [-0.15, -0.1) is 0 Å². The van der Waals surface area contributed by atoms with Crippen LogP contribution in [0.1, 0.15) is 24.3 Å². The van der Waals surface area contributed by atoms with Crippen LogP contribution in [0, 0.1) is 5.82 Å². The highest BCUT2D eigenvalue weighted by molar-refractivity contribution is 5.82. The number of nitrogens with one attached hydrogen (secondary N) is 3. The van der Waals surface area contributed by atoms with E-state index < -0.39 is 11.4 Å². The number of hydrogen-bond donors (Lipinski definition) is 3. The Bertz CT molecular complexity index is 1380. The predicted octanol–water partition coefficient (Wildman–Crippen LogP) is 4.85. The lowest BCUT2D eigenvalue weighted by Crippen LogP contribution is -2.15. The van der Waals surface area contributed by atoms with Gasteiger partial charge in [-0.05, 0) is 48.6 Å². The second kappa shape index (κ2) is 9.48. The first-order valence-corrected chi connectivity index (χ1v) is 11.0. The number of rotatable bonds is 6. The Morgan fingerprint density at radius 3 is 2.79 bits per heavy atom. The lowest BCUT2D eigenvalue weighted by atomic mass is 9.91. The molecule has 0 unspecified atom stereocenters. The molecule has 0 saturated carbocycles. The standard InChI is InChI=1S/C25H24FN5O3/c1-33-21-14-17(5-6-18(21)15-8-11-34-12-9-15)28-25-27-10-7-22(30-25)29-20-13-16-3-2-4-19(26)23(16)31-24(20)32/h2-7,10,13-15H,8-9,11-12H2,1H3,(H,31,32)(H2,27,28,29,30). The molecule has 1 aliphatic heterocycles. The number of ether oxygens (including phenoxy) is 2. The zero-order valence-corrected chi connectivity index (χ0v) is 18.6. The summed E-state index contributed by atoms with van der Waals surface area (Å²) in [6.07, 6.45) is 3.53. The van der Waals surface area contributed by atoms with Gasteiger partial charge in [0.15, 0.2) is 0 Å². The molecule has 0 atom stereocenters. The predicted molar refractivity (Wildman–Crippen MR) is 129 cm³/mol. The first-order chi connectivity index (χ1) is 16.6. The van der Waals surface area contributed by atoms with Crippen molar-refractivity contribution in [2.45, 2.75) is 18.8 Å². The van der Waals surface area contributed by atoms with Crippen molar-refractivity contribution < 1.29 is 13.9 Å². The topological polar surface area (TPSA) is 101 Å². The SMILES string of the molecule is COc1cc(Nc2nccc(Nc3cc4cccc(F)c4[nH]c3=O)n2)ccc1C1CCOCC1. The number of halogens is 1. The summed E-state index contributed by atoms with van der Waals surface area (Å²) in [5, 5.41) is 6.75. The smallest absolute Gasteiger partial charge is 0.272 e. The first kappa shape index (κ1) is 21.8. The number of aromatic amines is 1. The Morgan fingerprint density at radius 1 is 1.12 bits per heavy atom. The third-order valence-corrected chi connectivity index (χ3v) is 5.90. The molecule has 2 aromatic carbocycles. The minimum atomic E-state index is -0.479. The Labute approximate surface area is 195 Å². The quantitative estimate of drug-likeness (QED) is 0.377. The lowest BCUT2D eigenvalue weighted by molar-refractivity contribution is 0.0848. The lowest BCUT2D eigenvalue weighted by Gasteiger charge is -2.24. The summed E-state index contributed by atoms with van der Waals surface area (Å²) in [5.74, 6) is 1.52. The zero-order chi connectivity index (χ0) is 23.5. The average molecular weight is 461 g/mol. The summed E-state index contributed by atoms with van der Waals surface area (Å²) >= 11 is 0. The first-order valence-electron chi connectivity index (χ1n) is 11.0. The van der Waals surface area contributed by atoms with Gasteiger partial charge in [0.25, 0.3) is 5.56 Å². The van der Waals surface area contributed by atoms with Crippen molar-refractivity contribution in [3.8, 4) is 5.75 Å². The van der Waals surface area contributed by atoms with Crippen molar-refractivity contribution in [3.05, 3.63) is 76.5 Å². The molecule has 8 nitrogen and oxygen atoms in total. The van der Waals surface area contributed by atoms with Gasteiger partial charge in [0.1, 0.15) is 23.1 Å². The second-order valence-electron chi connectivity index (χ2n) is 8.08. The highest BCUT2D eigenvalue weighted by atomic mass is 19.1. The van der Waals surface area contributed by atoms with Gasteiger partial charge in [-0.3, -0.25) is 4.79 Å². The normalized spacial score (nSPS) is 14.2. The van der Waals surface area contributed by atoms with Crippen LogP contribution in [0.15, 0.2) is 59.5 Å². The summed E-state index contributed by atoms with van der Waals surface area (Å²) in [6, 6.07) is 13.8. The summed E-state index contributed by atoms with van der Waals surface area (Å²) in [5.41, 5.74) is 1.93. The fourth-order valence-corrected chi connectivity index (χ4v) is 4.18. The van der Waals surface area contributed by atoms with E-state index in [1.165, 1.54) is 11.6 Å². The van der Waals surface area contributed by atoms with Crippen molar-refractivity contribution >= 4 is 34.0 Å². The van der Waals surface area contributed by atoms with Crippen molar-refractivity contribution in [1.29, 1.82) is 0 Å². The molecule has 1 fully saturated rings. The van der Waals surface area contributed by atoms with E-state index in [9.17, 15) is 9.18 Å². The monoisotopic (exact) mass is 461 g/mol. The number of methoxy groups -OCH3 is 1. The van der Waals surface area contributed by atoms with E-state index in [-0.39, 0.29) is 11.2 Å². The molecule has 0 radical (unpaired) electrons. The zero-order valence-electron chi connectivity index (χ0n) is 18.6. The molecular weight excluding hydrogens is 437 g/mol. The van der Waals surface area contributed by atoms with Crippen molar-refractivity contribution in [2.24, 2.45) is 0 Å². The van der Waals surface area contributed by atoms with Gasteiger partial charge in [0.2, 0.25) is 5.95 Å². The molecule has 0 spiro atoms. The molecule has 3 heterocycles. The maximum Gasteiger partial charge on any atom is 0.272 e. The number of H-pyrrole nitrogens is 1. The molecular formula is C25H24FN5O3. The molecule has 34 heavy (non-hydrogen) atoms. The molecule has 0 bridgehead atoms. The van der Waals surface area contributed by atoms with Crippen LogP contribution in [-0.4, -0.2) is 35.3 Å². The average Bonchev–Trinajstić information content (AvgIpc) is 2.86. The molecule has 174 valence electrons. The minimum Gasteiger partial charge on any atom is -0.496 e. The second-order valence-corrected chi connectivity index (χ2v) is 8.08. The fourth-order valence-electron chi connectivity index (χ4n) is 4.18. The van der Waals surface area contributed by atoms with Crippen LogP contribution in [0.5, 0.6) is 5.75 Å². The van der Waals surface area contributed by atoms with Crippen LogP contribution in [0.4, 0.5) is 27.5 Å². The van der Waals surface area contributed by atoms with Gasteiger partial charge in [-0.1, -0.05) is 18.2 Å². The number of fused-ring (bicyclic) bond motifs is 1. The Hall–Kier alpha value is -3.98. The van der Waals surface area contributed by atoms with Gasteiger partial charge in [-0.2, -0.15) is 4.98 Å². The molecule has 2 aromatic heterocycles. The molecule has 1 aliphatic rings. The number of para-hydroxylation sites is 1. The molecule has 1 saturated heterocycles. The highest BCUT2D eigenvalue weighted by Gasteiger charge is 2.20. The van der Waals surface area contributed by atoms with Crippen LogP contribution in [0.25, 0.3) is 10.9 Å². The summed E-state index contributed by atoms with van der Waals surface area (Å²) < 4.78 is 25.0. The molecule has 9 heteroatoms. The third kappa shape index (κ3) is 4.55. The molecule has 4 aromatic rings. The maximum atomic E-state index is 13.9. The minimum absolute atomic E-state index is 0.168. The highest BCUT2D eigenvalue weighted by Crippen LogP contribution is 2.35. The van der Waals surface area contributed by atoms with Gasteiger partial charge in [0.05, 0.1) is 12.6 Å². The number of benzene rings is 2. The van der Waals surface area contributed by atoms with Crippen molar-refractivity contribution in [1.82, 2.24) is 15.0 Å². The van der Waals surface area contributed by atoms with Crippen LogP contribution in [0.2, 0.25) is 0 Å². The molecule has 3 N–H and O–H groups in total. The van der Waals surface area contributed by atoms with Crippen LogP contribution >= 0.6 is 0 Å². The van der Waals surface area contributed by atoms with E-state index in [1.807, 2.05) is 12.1 Å². The summed E-state index contributed by atoms with van der Waals surface area (Å²) in [4.78, 5) is 23.7. The Kier molecular flexibility index (Phi) is 6.09. The number of nitrogens with zero attached hydrogens (tertiary/aromatic N) is 2. The maximum absolute atomic E-state index is 13.9. The van der Waals surface area contributed by atoms with E-state index in [2.05, 4.69) is 31.7 Å². The van der Waals surface area contributed by atoms with E-state index in [0.717, 1.165) is 37.5 Å². The van der Waals surface area contributed by atoms with Crippen LogP contribution in [0.3, 0.4) is 0 Å². The molecule has 5 rings (SSSR count). The van der Waals surface area contributed by atoms with E-state index >= 15 is 0 Å². The van der Waals surface area contributed by atoms with Crippen molar-refractivity contribution in [2.75, 3.05) is 31.0 Å². The van der Waals surface area contributed by atoms with Crippen LogP contribution < -0.4 is 20.9 Å². The summed E-state index contributed by atoms with van der Waals surface area (Å²) in [7, 11) is 1.66. The van der Waals surface area contributed by atoms with Crippen LogP contribution in [-0.2, 0) is 4.74 Å². The molecule has 0 aliphatic carbocycles. The number of hydrogen-bond acceptors (Lipinski definition) is 7. The largest absolute Gasteiger partial charge is 0.496 e. The van der Waals surface area contributed by atoms with Gasteiger partial charge >= 0.3 is 0 Å². The van der Waals surface area contributed by atoms with Gasteiger partial charge in [-0.25, -0.2) is 9.37 Å². The van der Waals surface area contributed by atoms with Crippen molar-refractivity contribution in [3.63, 3.8) is 0 Å². The van der Waals surface area contributed by atoms with Gasteiger partial charge < -0.3 is 25.1 Å². The number of aromatic nitrogens is 3. The fraction of sp³-hybridized carbons (Fsp3) is 0.240. The summed E-state index contributed by atoms with van der Waals surface area (Å²) in [6.45, 7) is 1.52. The third-order valence-electron chi connectivity index (χ3n) is 5.90.